The fraction of sp³-hybridized carbons (Fsp3) is 0.429. The fourth-order valence-corrected chi connectivity index (χ4v) is 5.52. The van der Waals surface area contributed by atoms with Crippen LogP contribution in [0.5, 0.6) is 5.75 Å². The Morgan fingerprint density at radius 2 is 2.08 bits per heavy atom. The number of hydrogen-bond acceptors (Lipinski definition) is 5. The zero-order chi connectivity index (χ0) is 26.9. The number of alkyl halides is 3. The molecule has 1 saturated heterocycles. The van der Waals surface area contributed by atoms with Crippen molar-refractivity contribution in [3.05, 3.63) is 59.2 Å². The molecule has 3 aliphatic rings. The monoisotopic (exact) mass is 529 g/mol. The number of nitrogens with one attached hydrogen (secondary N) is 2. The summed E-state index contributed by atoms with van der Waals surface area (Å²) in [4.78, 5) is 28.0. The van der Waals surface area contributed by atoms with Crippen molar-refractivity contribution in [1.29, 1.82) is 0 Å². The lowest BCUT2D eigenvalue weighted by Gasteiger charge is -2.35. The van der Waals surface area contributed by atoms with Crippen molar-refractivity contribution in [3.63, 3.8) is 0 Å². The van der Waals surface area contributed by atoms with Crippen LogP contribution in [0.25, 0.3) is 5.57 Å². The van der Waals surface area contributed by atoms with E-state index in [4.69, 9.17) is 9.47 Å². The summed E-state index contributed by atoms with van der Waals surface area (Å²) in [5.41, 5.74) is 2.45. The van der Waals surface area contributed by atoms with Gasteiger partial charge in [-0.1, -0.05) is 12.1 Å². The molecule has 2 aromatic rings. The minimum absolute atomic E-state index is 0.0700. The van der Waals surface area contributed by atoms with E-state index in [0.717, 1.165) is 37.1 Å². The van der Waals surface area contributed by atoms with E-state index >= 15 is 0 Å². The Labute approximate surface area is 219 Å². The summed E-state index contributed by atoms with van der Waals surface area (Å²) < 4.78 is 50.3. The number of allylic oxidation sites excluding steroid dienone is 1. The average molecular weight is 530 g/mol. The molecule has 5 rings (SSSR count). The number of anilines is 2. The molecule has 3 heterocycles. The quantitative estimate of drug-likeness (QED) is 0.540. The van der Waals surface area contributed by atoms with Crippen LogP contribution in [-0.2, 0) is 26.9 Å². The van der Waals surface area contributed by atoms with E-state index in [1.165, 1.54) is 12.1 Å². The second-order valence-corrected chi connectivity index (χ2v) is 9.89. The van der Waals surface area contributed by atoms with Crippen LogP contribution in [0.4, 0.5) is 24.5 Å². The number of nitrogens with zero attached hydrogens (tertiary/aromatic N) is 1. The number of fused-ring (bicyclic) bond motifs is 2. The summed E-state index contributed by atoms with van der Waals surface area (Å²) in [6.07, 6.45) is 0.607. The maximum atomic E-state index is 13.1. The Balaban J connectivity index is 1.30. The van der Waals surface area contributed by atoms with E-state index < -0.39 is 17.6 Å². The number of carbonyl (C=O) groups excluding carboxylic acids is 2. The van der Waals surface area contributed by atoms with Gasteiger partial charge >= 0.3 is 6.18 Å². The van der Waals surface area contributed by atoms with Gasteiger partial charge in [-0.3, -0.25) is 14.5 Å². The van der Waals surface area contributed by atoms with Gasteiger partial charge in [0.25, 0.3) is 0 Å². The van der Waals surface area contributed by atoms with Gasteiger partial charge in [-0.2, -0.15) is 13.2 Å². The molecule has 0 aliphatic carbocycles. The van der Waals surface area contributed by atoms with Gasteiger partial charge in [-0.25, -0.2) is 0 Å². The van der Waals surface area contributed by atoms with E-state index in [0.29, 0.717) is 48.4 Å². The Bertz CT molecular complexity index is 1260. The highest BCUT2D eigenvalue weighted by Crippen LogP contribution is 2.38. The van der Waals surface area contributed by atoms with Crippen molar-refractivity contribution in [3.8, 4) is 5.75 Å². The Hall–Kier alpha value is -3.37. The molecule has 0 spiro atoms. The zero-order valence-electron chi connectivity index (χ0n) is 21.1. The van der Waals surface area contributed by atoms with Crippen molar-refractivity contribution in [2.75, 3.05) is 37.5 Å². The molecule has 3 aliphatic heterocycles. The molecule has 0 aromatic heterocycles. The molecule has 1 unspecified atom stereocenters. The van der Waals surface area contributed by atoms with Gasteiger partial charge in [0, 0.05) is 36.2 Å². The molecule has 10 heteroatoms. The van der Waals surface area contributed by atoms with Crippen LogP contribution in [0.15, 0.2) is 42.5 Å². The van der Waals surface area contributed by atoms with Gasteiger partial charge in [-0.05, 0) is 74.1 Å². The van der Waals surface area contributed by atoms with Crippen LogP contribution in [-0.4, -0.2) is 55.7 Å². The van der Waals surface area contributed by atoms with Crippen molar-refractivity contribution in [2.24, 2.45) is 0 Å². The number of carbonyl (C=O) groups is 2. The van der Waals surface area contributed by atoms with Gasteiger partial charge in [0.15, 0.2) is 0 Å². The van der Waals surface area contributed by atoms with Gasteiger partial charge < -0.3 is 20.1 Å². The number of likely N-dealkylation sites (tertiary alicyclic amines) is 1. The number of rotatable bonds is 5. The van der Waals surface area contributed by atoms with Crippen molar-refractivity contribution in [2.45, 2.75) is 50.4 Å². The maximum Gasteiger partial charge on any atom is 0.416 e. The van der Waals surface area contributed by atoms with E-state index in [1.807, 2.05) is 6.07 Å². The van der Waals surface area contributed by atoms with Crippen LogP contribution >= 0.6 is 0 Å². The first-order valence-electron chi connectivity index (χ1n) is 12.8. The van der Waals surface area contributed by atoms with E-state index in [-0.39, 0.29) is 30.3 Å². The number of ether oxygens (including phenoxy) is 2. The Kier molecular flexibility index (Phi) is 7.45. The highest BCUT2D eigenvalue weighted by atomic mass is 19.4. The first-order valence-corrected chi connectivity index (χ1v) is 12.8. The smallest absolute Gasteiger partial charge is 0.416 e. The van der Waals surface area contributed by atoms with Crippen LogP contribution < -0.4 is 15.4 Å². The topological polar surface area (TPSA) is 79.9 Å². The fourth-order valence-electron chi connectivity index (χ4n) is 5.52. The Morgan fingerprint density at radius 1 is 1.24 bits per heavy atom. The molecule has 0 saturated carbocycles. The Morgan fingerprint density at radius 3 is 2.87 bits per heavy atom. The molecule has 0 radical (unpaired) electrons. The molecule has 2 atom stereocenters. The van der Waals surface area contributed by atoms with E-state index in [2.05, 4.69) is 15.5 Å². The van der Waals surface area contributed by atoms with Crippen molar-refractivity contribution >= 4 is 28.8 Å². The van der Waals surface area contributed by atoms with Crippen LogP contribution in [0, 0.1) is 0 Å². The highest BCUT2D eigenvalue weighted by molar-refractivity contribution is 6.05. The molecule has 1 fully saturated rings. The van der Waals surface area contributed by atoms with E-state index in [1.54, 1.807) is 19.2 Å². The first kappa shape index (κ1) is 26.2. The van der Waals surface area contributed by atoms with E-state index in [9.17, 15) is 22.8 Å². The molecule has 7 nitrogen and oxygen atoms in total. The lowest BCUT2D eigenvalue weighted by Crippen LogP contribution is -2.50. The van der Waals surface area contributed by atoms with Crippen molar-refractivity contribution in [1.82, 2.24) is 4.90 Å². The number of halogens is 3. The summed E-state index contributed by atoms with van der Waals surface area (Å²) in [5, 5.41) is 5.80. The molecule has 2 aromatic carbocycles. The number of amides is 2. The second kappa shape index (κ2) is 10.8. The normalized spacial score (nSPS) is 22.7. The minimum Gasteiger partial charge on any atom is -0.493 e. The highest BCUT2D eigenvalue weighted by Gasteiger charge is 2.37. The molecule has 202 valence electrons. The second-order valence-electron chi connectivity index (χ2n) is 9.89. The van der Waals surface area contributed by atoms with Gasteiger partial charge in [0.2, 0.25) is 11.8 Å². The first-order chi connectivity index (χ1) is 18.2. The predicted molar refractivity (Wildman–Crippen MR) is 137 cm³/mol. The summed E-state index contributed by atoms with van der Waals surface area (Å²) >= 11 is 0. The van der Waals surface area contributed by atoms with Gasteiger partial charge in [-0.15, -0.1) is 0 Å². The lowest BCUT2D eigenvalue weighted by molar-refractivity contribution is -0.137. The summed E-state index contributed by atoms with van der Waals surface area (Å²) in [7, 11) is 1.67. The van der Waals surface area contributed by atoms with Crippen molar-refractivity contribution < 1.29 is 32.2 Å². The van der Waals surface area contributed by atoms with Crippen LogP contribution in [0.1, 0.15) is 42.4 Å². The SMILES string of the molecule is COC[C@@H]1CCCN1C1Cc2ccc(NC(=O)C=C3CCCOc4cc(C(F)(F)F)ccc43)cc2NC1=O. The standard InChI is InChI=1S/C28H30F3N3O4/c1-37-16-21-5-2-10-34(21)24-12-18-6-8-20(15-23(18)33-27(24)36)32-26(35)13-17-4-3-11-38-25-14-19(28(29,30)31)7-9-22(17)25/h6-9,13-15,21,24H,2-5,10-12,16H2,1H3,(H,32,35)(H,33,36)/t21-,24?/m0/s1. The van der Waals surface area contributed by atoms with Gasteiger partial charge in [0.05, 0.1) is 24.8 Å². The largest absolute Gasteiger partial charge is 0.493 e. The van der Waals surface area contributed by atoms with Gasteiger partial charge in [0.1, 0.15) is 5.75 Å². The third-order valence-corrected chi connectivity index (χ3v) is 7.34. The third-order valence-electron chi connectivity index (χ3n) is 7.34. The molecule has 2 amide bonds. The molecule has 0 bridgehead atoms. The summed E-state index contributed by atoms with van der Waals surface area (Å²) in [6.45, 7) is 1.72. The minimum atomic E-state index is -4.48. The maximum absolute atomic E-state index is 13.1. The predicted octanol–water partition coefficient (Wildman–Crippen LogP) is 4.87. The van der Waals surface area contributed by atoms with Crippen LogP contribution in [0.3, 0.4) is 0 Å². The lowest BCUT2D eigenvalue weighted by atomic mass is 9.96. The number of methoxy groups -OCH3 is 1. The molecule has 2 N–H and O–H groups in total. The molecular weight excluding hydrogens is 499 g/mol. The summed E-state index contributed by atoms with van der Waals surface area (Å²) in [5.74, 6) is -0.361. The third kappa shape index (κ3) is 5.56. The van der Waals surface area contributed by atoms with Crippen LogP contribution in [0.2, 0.25) is 0 Å². The summed E-state index contributed by atoms with van der Waals surface area (Å²) in [6, 6.07) is 8.72. The number of hydrogen-bond donors (Lipinski definition) is 2. The zero-order valence-corrected chi connectivity index (χ0v) is 21.1. The molecular formula is C28H30F3N3O4. The number of benzene rings is 2. The molecule has 38 heavy (non-hydrogen) atoms. The average Bonchev–Trinajstić information content (AvgIpc) is 3.23.